The maximum atomic E-state index is 5.65. The van der Waals surface area contributed by atoms with E-state index in [-0.39, 0.29) is 0 Å². The molecule has 0 aliphatic carbocycles. The quantitative estimate of drug-likeness (QED) is 0.647. The summed E-state index contributed by atoms with van der Waals surface area (Å²) in [5.41, 5.74) is 6.65. The summed E-state index contributed by atoms with van der Waals surface area (Å²) >= 11 is 5.04. The molecule has 1 heterocycles. The number of rotatable bonds is 6. The number of benzene rings is 1. The van der Waals surface area contributed by atoms with Crippen LogP contribution in [0.15, 0.2) is 52.1 Å². The molecule has 0 unspecified atom stereocenters. The van der Waals surface area contributed by atoms with Gasteiger partial charge in [-0.3, -0.25) is 0 Å². The number of ether oxygens (including phenoxy) is 1. The molecule has 0 saturated carbocycles. The van der Waals surface area contributed by atoms with Crippen LogP contribution in [0.25, 0.3) is 0 Å². The zero-order chi connectivity index (χ0) is 13.5. The van der Waals surface area contributed by atoms with Gasteiger partial charge in [-0.25, -0.2) is 4.98 Å². The molecule has 0 saturated heterocycles. The number of nitrogens with zero attached hydrogens (tertiary/aromatic N) is 1. The standard InChI is InChI=1S/C14H15BrN2OS/c15-12-3-6-14(17-10-12)19-8-7-18-13-4-1-11(9-16)2-5-13/h1-6,10H,7-9,16H2. The predicted octanol–water partition coefficient (Wildman–Crippen LogP) is 3.47. The van der Waals surface area contributed by atoms with Crippen molar-refractivity contribution in [3.8, 4) is 5.75 Å². The fraction of sp³-hybridized carbons (Fsp3) is 0.214. The molecule has 5 heteroatoms. The van der Waals surface area contributed by atoms with E-state index in [9.17, 15) is 0 Å². The smallest absolute Gasteiger partial charge is 0.119 e. The highest BCUT2D eigenvalue weighted by atomic mass is 79.9. The molecule has 0 aliphatic heterocycles. The van der Waals surface area contributed by atoms with Gasteiger partial charge in [0.2, 0.25) is 0 Å². The average molecular weight is 339 g/mol. The maximum Gasteiger partial charge on any atom is 0.119 e. The van der Waals surface area contributed by atoms with Crippen molar-refractivity contribution in [1.29, 1.82) is 0 Å². The van der Waals surface area contributed by atoms with E-state index in [4.69, 9.17) is 10.5 Å². The zero-order valence-electron chi connectivity index (χ0n) is 10.4. The summed E-state index contributed by atoms with van der Waals surface area (Å²) in [6.07, 6.45) is 1.80. The van der Waals surface area contributed by atoms with E-state index in [1.165, 1.54) is 0 Å². The highest BCUT2D eigenvalue weighted by Crippen LogP contribution is 2.18. The van der Waals surface area contributed by atoms with Gasteiger partial charge in [-0.2, -0.15) is 0 Å². The fourth-order valence-electron chi connectivity index (χ4n) is 1.48. The monoisotopic (exact) mass is 338 g/mol. The van der Waals surface area contributed by atoms with Gasteiger partial charge in [-0.05, 0) is 45.8 Å². The second-order valence-corrected chi connectivity index (χ2v) is 5.89. The van der Waals surface area contributed by atoms with Gasteiger partial charge >= 0.3 is 0 Å². The van der Waals surface area contributed by atoms with Gasteiger partial charge in [0.15, 0.2) is 0 Å². The zero-order valence-corrected chi connectivity index (χ0v) is 12.8. The number of halogens is 1. The highest BCUT2D eigenvalue weighted by Gasteiger charge is 1.98. The fourth-order valence-corrected chi connectivity index (χ4v) is 2.38. The van der Waals surface area contributed by atoms with Gasteiger partial charge in [0.25, 0.3) is 0 Å². The van der Waals surface area contributed by atoms with Crippen molar-refractivity contribution in [2.24, 2.45) is 5.73 Å². The van der Waals surface area contributed by atoms with Crippen LogP contribution in [0.1, 0.15) is 5.56 Å². The lowest BCUT2D eigenvalue weighted by Gasteiger charge is -2.06. The van der Waals surface area contributed by atoms with Crippen molar-refractivity contribution < 1.29 is 4.74 Å². The number of aromatic nitrogens is 1. The normalized spacial score (nSPS) is 10.4. The van der Waals surface area contributed by atoms with E-state index in [2.05, 4.69) is 20.9 Å². The van der Waals surface area contributed by atoms with E-state index in [0.717, 1.165) is 26.6 Å². The molecule has 0 fully saturated rings. The molecule has 2 rings (SSSR count). The third kappa shape index (κ3) is 4.86. The van der Waals surface area contributed by atoms with E-state index < -0.39 is 0 Å². The molecule has 0 aliphatic rings. The first-order chi connectivity index (χ1) is 9.28. The van der Waals surface area contributed by atoms with Crippen LogP contribution in [0, 0.1) is 0 Å². The van der Waals surface area contributed by atoms with Crippen molar-refractivity contribution in [2.45, 2.75) is 11.6 Å². The average Bonchev–Trinajstić information content (AvgIpc) is 2.46. The Labute approximate surface area is 125 Å². The number of nitrogens with two attached hydrogens (primary N) is 1. The number of hydrogen-bond acceptors (Lipinski definition) is 4. The molecule has 0 amide bonds. The minimum Gasteiger partial charge on any atom is -0.493 e. The summed E-state index contributed by atoms with van der Waals surface area (Å²) in [6.45, 7) is 1.22. The number of hydrogen-bond donors (Lipinski definition) is 1. The molecule has 0 bridgehead atoms. The van der Waals surface area contributed by atoms with E-state index in [0.29, 0.717) is 13.2 Å². The van der Waals surface area contributed by atoms with Crippen LogP contribution >= 0.6 is 27.7 Å². The Morgan fingerprint density at radius 1 is 1.16 bits per heavy atom. The second-order valence-electron chi connectivity index (χ2n) is 3.86. The molecule has 1 aromatic carbocycles. The minimum absolute atomic E-state index is 0.561. The van der Waals surface area contributed by atoms with Crippen LogP contribution in [-0.2, 0) is 6.54 Å². The summed E-state index contributed by atoms with van der Waals surface area (Å²) in [5.74, 6) is 1.74. The van der Waals surface area contributed by atoms with Crippen LogP contribution in [0.2, 0.25) is 0 Å². The Bertz CT molecular complexity index is 502. The lowest BCUT2D eigenvalue weighted by Crippen LogP contribution is -2.01. The van der Waals surface area contributed by atoms with Gasteiger partial charge in [0.05, 0.1) is 11.6 Å². The van der Waals surface area contributed by atoms with Crippen LogP contribution in [-0.4, -0.2) is 17.3 Å². The molecular weight excluding hydrogens is 324 g/mol. The van der Waals surface area contributed by atoms with Gasteiger partial charge in [-0.1, -0.05) is 12.1 Å². The van der Waals surface area contributed by atoms with Gasteiger partial charge in [-0.15, -0.1) is 11.8 Å². The molecule has 2 N–H and O–H groups in total. The molecule has 1 aromatic heterocycles. The highest BCUT2D eigenvalue weighted by molar-refractivity contribution is 9.10. The Hall–Kier alpha value is -1.04. The molecular formula is C14H15BrN2OS. The van der Waals surface area contributed by atoms with Crippen LogP contribution < -0.4 is 10.5 Å². The maximum absolute atomic E-state index is 5.65. The first-order valence-corrected chi connectivity index (χ1v) is 7.72. The summed E-state index contributed by atoms with van der Waals surface area (Å²) in [4.78, 5) is 4.29. The summed E-state index contributed by atoms with van der Waals surface area (Å²) in [5, 5.41) is 1.00. The predicted molar refractivity (Wildman–Crippen MR) is 82.5 cm³/mol. The van der Waals surface area contributed by atoms with Crippen LogP contribution in [0.5, 0.6) is 5.75 Å². The molecule has 19 heavy (non-hydrogen) atoms. The van der Waals surface area contributed by atoms with Crippen LogP contribution in [0.4, 0.5) is 0 Å². The molecule has 2 aromatic rings. The van der Waals surface area contributed by atoms with Crippen molar-refractivity contribution >= 4 is 27.7 Å². The number of pyridine rings is 1. The Morgan fingerprint density at radius 3 is 2.58 bits per heavy atom. The molecule has 0 atom stereocenters. The number of thioether (sulfide) groups is 1. The van der Waals surface area contributed by atoms with E-state index in [1.807, 2.05) is 36.4 Å². The lowest BCUT2D eigenvalue weighted by molar-refractivity contribution is 0.344. The first-order valence-electron chi connectivity index (χ1n) is 5.94. The van der Waals surface area contributed by atoms with Gasteiger partial charge in [0, 0.05) is 23.0 Å². The SMILES string of the molecule is NCc1ccc(OCCSc2ccc(Br)cn2)cc1. The topological polar surface area (TPSA) is 48.1 Å². The summed E-state index contributed by atoms with van der Waals surface area (Å²) in [6, 6.07) is 11.8. The first kappa shape index (κ1) is 14.4. The van der Waals surface area contributed by atoms with E-state index in [1.54, 1.807) is 18.0 Å². The van der Waals surface area contributed by atoms with Crippen molar-refractivity contribution in [3.05, 3.63) is 52.6 Å². The second kappa shape index (κ2) is 7.53. The molecule has 0 radical (unpaired) electrons. The minimum atomic E-state index is 0.561. The summed E-state index contributed by atoms with van der Waals surface area (Å²) in [7, 11) is 0. The Kier molecular flexibility index (Phi) is 5.69. The molecule has 100 valence electrons. The summed E-state index contributed by atoms with van der Waals surface area (Å²) < 4.78 is 6.65. The van der Waals surface area contributed by atoms with Crippen LogP contribution in [0.3, 0.4) is 0 Å². The van der Waals surface area contributed by atoms with E-state index >= 15 is 0 Å². The molecule has 3 nitrogen and oxygen atoms in total. The third-order valence-corrected chi connectivity index (χ3v) is 3.84. The van der Waals surface area contributed by atoms with Crippen molar-refractivity contribution in [1.82, 2.24) is 4.98 Å². The largest absolute Gasteiger partial charge is 0.493 e. The van der Waals surface area contributed by atoms with Gasteiger partial charge in [0.1, 0.15) is 5.75 Å². The third-order valence-electron chi connectivity index (χ3n) is 2.46. The van der Waals surface area contributed by atoms with Gasteiger partial charge < -0.3 is 10.5 Å². The van der Waals surface area contributed by atoms with Crippen molar-refractivity contribution in [3.63, 3.8) is 0 Å². The Balaban J connectivity index is 1.72. The Morgan fingerprint density at radius 2 is 1.95 bits per heavy atom. The molecule has 0 spiro atoms. The van der Waals surface area contributed by atoms with Crippen molar-refractivity contribution in [2.75, 3.05) is 12.4 Å². The lowest BCUT2D eigenvalue weighted by atomic mass is 10.2.